The molecule has 0 radical (unpaired) electrons. The summed E-state index contributed by atoms with van der Waals surface area (Å²) in [6, 6.07) is 13.5. The Morgan fingerprint density at radius 3 is 2.66 bits per heavy atom. The van der Waals surface area contributed by atoms with E-state index in [9.17, 15) is 5.11 Å². The molecule has 0 saturated carbocycles. The fourth-order valence-corrected chi connectivity index (χ4v) is 4.61. The van der Waals surface area contributed by atoms with Crippen LogP contribution in [-0.4, -0.2) is 36.7 Å². The molecular formula is C21H18IN3O3S. The van der Waals surface area contributed by atoms with Gasteiger partial charge in [0.25, 0.3) is 0 Å². The Labute approximate surface area is 186 Å². The minimum Gasteiger partial charge on any atom is -0.510 e. The molecule has 2 aromatic carbocycles. The van der Waals surface area contributed by atoms with E-state index in [-0.39, 0.29) is 18.1 Å². The van der Waals surface area contributed by atoms with Crippen LogP contribution in [0.3, 0.4) is 0 Å². The van der Waals surface area contributed by atoms with Crippen molar-refractivity contribution in [3.05, 3.63) is 62.2 Å². The molecule has 0 spiro atoms. The number of halogens is 1. The number of amidine groups is 1. The van der Waals surface area contributed by atoms with E-state index in [0.717, 1.165) is 20.5 Å². The number of nitrogens with one attached hydrogen (secondary N) is 1. The summed E-state index contributed by atoms with van der Waals surface area (Å²) < 4.78 is 11.7. The van der Waals surface area contributed by atoms with Crippen LogP contribution in [-0.2, 0) is 0 Å². The summed E-state index contributed by atoms with van der Waals surface area (Å²) in [5.41, 5.74) is 2.98. The lowest BCUT2D eigenvalue weighted by atomic mass is 10.1. The van der Waals surface area contributed by atoms with Crippen molar-refractivity contribution in [2.24, 2.45) is 0 Å². The first-order chi connectivity index (χ1) is 14.0. The molecule has 4 rings (SSSR count). The number of methoxy groups -OCH3 is 2. The average molecular weight is 519 g/mol. The third-order valence-corrected chi connectivity index (χ3v) is 6.15. The minimum atomic E-state index is 0.155. The number of thiazole rings is 1. The number of ether oxygens (including phenoxy) is 2. The lowest BCUT2D eigenvalue weighted by Crippen LogP contribution is -2.26. The number of rotatable bonds is 5. The van der Waals surface area contributed by atoms with Crippen molar-refractivity contribution in [3.8, 4) is 22.8 Å². The second-order valence-corrected chi connectivity index (χ2v) is 8.45. The summed E-state index contributed by atoms with van der Waals surface area (Å²) in [6.07, 6.45) is 0. The van der Waals surface area contributed by atoms with Gasteiger partial charge in [0, 0.05) is 20.2 Å². The molecular weight excluding hydrogens is 501 g/mol. The number of hydrogen-bond acceptors (Lipinski definition) is 6. The van der Waals surface area contributed by atoms with Gasteiger partial charge in [-0.15, -0.1) is 11.3 Å². The summed E-state index contributed by atoms with van der Waals surface area (Å²) in [7, 11) is 3.19. The van der Waals surface area contributed by atoms with Gasteiger partial charge in [-0.25, -0.2) is 4.98 Å². The van der Waals surface area contributed by atoms with E-state index in [4.69, 9.17) is 14.9 Å². The Kier molecular flexibility index (Phi) is 5.46. The molecule has 3 aromatic rings. The second-order valence-electron chi connectivity index (χ2n) is 6.34. The van der Waals surface area contributed by atoms with E-state index < -0.39 is 0 Å². The quantitative estimate of drug-likeness (QED) is 0.454. The highest BCUT2D eigenvalue weighted by atomic mass is 127. The molecule has 2 N–H and O–H groups in total. The Hall–Kier alpha value is -2.59. The van der Waals surface area contributed by atoms with Crippen molar-refractivity contribution < 1.29 is 14.6 Å². The Morgan fingerprint density at radius 1 is 1.14 bits per heavy atom. The molecule has 0 amide bonds. The van der Waals surface area contributed by atoms with Crippen LogP contribution in [0.15, 0.2) is 53.6 Å². The largest absolute Gasteiger partial charge is 0.510 e. The summed E-state index contributed by atoms with van der Waals surface area (Å²) >= 11 is 3.64. The SMILES string of the molecule is COc1ccc(-c2csc(C3=C(O)CN(c4cccc(I)c4)C3=N)n2)cc1OC. The molecule has 0 fully saturated rings. The highest BCUT2D eigenvalue weighted by Crippen LogP contribution is 2.36. The fourth-order valence-electron chi connectivity index (χ4n) is 3.19. The van der Waals surface area contributed by atoms with Gasteiger partial charge in [-0.3, -0.25) is 5.41 Å². The zero-order chi connectivity index (χ0) is 20.5. The van der Waals surface area contributed by atoms with Gasteiger partial charge in [-0.05, 0) is 59.0 Å². The van der Waals surface area contributed by atoms with Crippen molar-refractivity contribution in [1.29, 1.82) is 5.41 Å². The third-order valence-electron chi connectivity index (χ3n) is 4.62. The number of aromatic nitrogens is 1. The lowest BCUT2D eigenvalue weighted by molar-refractivity contribution is 0.355. The van der Waals surface area contributed by atoms with Gasteiger partial charge in [0.05, 0.1) is 32.0 Å². The molecule has 0 bridgehead atoms. The average Bonchev–Trinajstić information content (AvgIpc) is 3.31. The lowest BCUT2D eigenvalue weighted by Gasteiger charge is -2.18. The van der Waals surface area contributed by atoms with Crippen molar-refractivity contribution in [3.63, 3.8) is 0 Å². The number of aliphatic hydroxyl groups excluding tert-OH is 1. The van der Waals surface area contributed by atoms with Crippen LogP contribution in [0.1, 0.15) is 5.01 Å². The number of anilines is 1. The number of hydrogen-bond donors (Lipinski definition) is 2. The summed E-state index contributed by atoms with van der Waals surface area (Å²) in [5, 5.41) is 21.7. The number of aliphatic hydroxyl groups is 1. The molecule has 0 aliphatic carbocycles. The molecule has 1 aliphatic rings. The molecule has 0 saturated heterocycles. The van der Waals surface area contributed by atoms with Gasteiger partial charge in [0.1, 0.15) is 16.6 Å². The van der Waals surface area contributed by atoms with Crippen LogP contribution in [0.5, 0.6) is 11.5 Å². The zero-order valence-corrected chi connectivity index (χ0v) is 18.7. The molecule has 148 valence electrons. The molecule has 0 atom stereocenters. The van der Waals surface area contributed by atoms with Gasteiger partial charge in [0.2, 0.25) is 0 Å². The monoisotopic (exact) mass is 519 g/mol. The van der Waals surface area contributed by atoms with Crippen LogP contribution in [0.4, 0.5) is 5.69 Å². The smallest absolute Gasteiger partial charge is 0.161 e. The predicted octanol–water partition coefficient (Wildman–Crippen LogP) is 5.20. The van der Waals surface area contributed by atoms with Crippen molar-refractivity contribution in [1.82, 2.24) is 4.98 Å². The predicted molar refractivity (Wildman–Crippen MR) is 124 cm³/mol. The Bertz CT molecular complexity index is 1130. The van der Waals surface area contributed by atoms with E-state index in [1.165, 1.54) is 11.3 Å². The van der Waals surface area contributed by atoms with Gasteiger partial charge < -0.3 is 19.5 Å². The normalized spacial score (nSPS) is 13.9. The maximum absolute atomic E-state index is 10.6. The summed E-state index contributed by atoms with van der Waals surface area (Å²) in [6.45, 7) is 0.263. The first-order valence-corrected chi connectivity index (χ1v) is 10.7. The first-order valence-electron chi connectivity index (χ1n) is 8.74. The molecule has 29 heavy (non-hydrogen) atoms. The maximum Gasteiger partial charge on any atom is 0.161 e. The van der Waals surface area contributed by atoms with Crippen molar-refractivity contribution >= 4 is 51.0 Å². The van der Waals surface area contributed by atoms with Crippen LogP contribution in [0, 0.1) is 8.98 Å². The molecule has 6 nitrogen and oxygen atoms in total. The molecule has 1 aliphatic heterocycles. The van der Waals surface area contributed by atoms with Gasteiger partial charge >= 0.3 is 0 Å². The van der Waals surface area contributed by atoms with E-state index in [1.54, 1.807) is 19.1 Å². The van der Waals surface area contributed by atoms with Crippen molar-refractivity contribution in [2.75, 3.05) is 25.7 Å². The third kappa shape index (κ3) is 3.69. The second kappa shape index (κ2) is 8.03. The Morgan fingerprint density at radius 2 is 1.93 bits per heavy atom. The van der Waals surface area contributed by atoms with Crippen LogP contribution >= 0.6 is 33.9 Å². The maximum atomic E-state index is 10.6. The van der Waals surface area contributed by atoms with Crippen LogP contribution in [0.2, 0.25) is 0 Å². The van der Waals surface area contributed by atoms with Crippen LogP contribution < -0.4 is 14.4 Å². The molecule has 2 heterocycles. The summed E-state index contributed by atoms with van der Waals surface area (Å²) in [4.78, 5) is 6.46. The fraction of sp³-hybridized carbons (Fsp3) is 0.143. The van der Waals surface area contributed by atoms with E-state index in [1.807, 2.05) is 47.8 Å². The van der Waals surface area contributed by atoms with E-state index >= 15 is 0 Å². The minimum absolute atomic E-state index is 0.155. The Balaban J connectivity index is 1.64. The first kappa shape index (κ1) is 19.7. The number of nitrogens with zero attached hydrogens (tertiary/aromatic N) is 2. The van der Waals surface area contributed by atoms with E-state index in [2.05, 4.69) is 27.6 Å². The van der Waals surface area contributed by atoms with Gasteiger partial charge in [0.15, 0.2) is 11.5 Å². The highest BCUT2D eigenvalue weighted by Gasteiger charge is 2.31. The topological polar surface area (TPSA) is 78.7 Å². The van der Waals surface area contributed by atoms with Gasteiger partial charge in [-0.2, -0.15) is 0 Å². The van der Waals surface area contributed by atoms with Crippen molar-refractivity contribution in [2.45, 2.75) is 0 Å². The molecule has 1 aromatic heterocycles. The van der Waals surface area contributed by atoms with Crippen LogP contribution in [0.25, 0.3) is 16.8 Å². The number of benzene rings is 2. The standard InChI is InChI=1S/C21H18IN3O3S/c1-27-17-7-6-12(8-18(17)28-2)15-11-29-21(24-15)19-16(26)10-25(20(19)23)14-5-3-4-13(22)9-14/h3-9,11,23,26H,10H2,1-2H3. The zero-order valence-electron chi connectivity index (χ0n) is 15.8. The van der Waals surface area contributed by atoms with Gasteiger partial charge in [-0.1, -0.05) is 6.07 Å². The highest BCUT2D eigenvalue weighted by molar-refractivity contribution is 14.1. The molecule has 8 heteroatoms. The summed E-state index contributed by atoms with van der Waals surface area (Å²) in [5.74, 6) is 1.68. The molecule has 0 unspecified atom stereocenters. The van der Waals surface area contributed by atoms with E-state index in [0.29, 0.717) is 22.1 Å².